The molecule has 1 aliphatic rings. The van der Waals surface area contributed by atoms with Crippen molar-refractivity contribution < 1.29 is 17.2 Å². The highest BCUT2D eigenvalue weighted by Gasteiger charge is 2.30. The number of rotatable bonds is 7. The van der Waals surface area contributed by atoms with Crippen LogP contribution in [0.3, 0.4) is 0 Å². The monoisotopic (exact) mass is 576 g/mol. The zero-order valence-electron chi connectivity index (χ0n) is 23.0. The summed E-state index contributed by atoms with van der Waals surface area (Å²) in [5, 5.41) is 3.43. The molecule has 0 radical (unpaired) electrons. The molecule has 1 aromatic heterocycles. The smallest absolute Gasteiger partial charge is 0.159 e. The van der Waals surface area contributed by atoms with Crippen LogP contribution in [-0.2, 0) is 22.0 Å². The number of piperazine rings is 1. The number of nitrogens with zero attached hydrogens (tertiary/aromatic N) is 3. The maximum absolute atomic E-state index is 15.0. The summed E-state index contributed by atoms with van der Waals surface area (Å²) in [6, 6.07) is 9.82. The molecule has 2 heterocycles. The van der Waals surface area contributed by atoms with Gasteiger partial charge in [0.1, 0.15) is 11.5 Å². The minimum absolute atomic E-state index is 0.00165. The van der Waals surface area contributed by atoms with E-state index in [0.717, 1.165) is 29.8 Å². The lowest BCUT2D eigenvalue weighted by Gasteiger charge is -2.34. The second-order valence-electron chi connectivity index (χ2n) is 11.2. The van der Waals surface area contributed by atoms with Gasteiger partial charge in [-0.05, 0) is 87.7 Å². The minimum Gasteiger partial charge on any atom is -0.364 e. The quantitative estimate of drug-likeness (QED) is 0.365. The second-order valence-corrected chi connectivity index (χ2v) is 14.3. The van der Waals surface area contributed by atoms with Crippen molar-refractivity contribution in [2.75, 3.05) is 43.4 Å². The fraction of sp³-hybridized carbons (Fsp3) is 0.414. The molecule has 10 heteroatoms. The number of benzene rings is 2. The third-order valence-electron chi connectivity index (χ3n) is 7.11. The van der Waals surface area contributed by atoms with E-state index >= 15 is 0 Å². The maximum Gasteiger partial charge on any atom is 0.159 e. The summed E-state index contributed by atoms with van der Waals surface area (Å²) in [6.45, 7) is 9.57. The molecular weight excluding hydrogens is 542 g/mol. The Kier molecular flexibility index (Phi) is 8.54. The first-order chi connectivity index (χ1) is 18.2. The molecule has 1 N–H and O–H groups in total. The van der Waals surface area contributed by atoms with Gasteiger partial charge in [-0.15, -0.1) is 0 Å². The molecule has 39 heavy (non-hydrogen) atoms. The van der Waals surface area contributed by atoms with Crippen molar-refractivity contribution in [3.63, 3.8) is 0 Å². The number of sulfone groups is 1. The normalized spacial score (nSPS) is 15.0. The lowest BCUT2D eigenvalue weighted by Crippen LogP contribution is -2.45. The number of pyridine rings is 1. The van der Waals surface area contributed by atoms with Crippen LogP contribution >= 0.6 is 11.6 Å². The fourth-order valence-electron chi connectivity index (χ4n) is 4.43. The Morgan fingerprint density at radius 2 is 1.64 bits per heavy atom. The predicted octanol–water partition coefficient (Wildman–Crippen LogP) is 6.12. The van der Waals surface area contributed by atoms with Gasteiger partial charge in [-0.3, -0.25) is 0 Å². The summed E-state index contributed by atoms with van der Waals surface area (Å²) >= 11 is 6.34. The van der Waals surface area contributed by atoms with Crippen molar-refractivity contribution in [3.05, 3.63) is 81.5 Å². The van der Waals surface area contributed by atoms with Gasteiger partial charge in [-0.25, -0.2) is 22.2 Å². The van der Waals surface area contributed by atoms with Crippen molar-refractivity contribution in [2.45, 2.75) is 44.6 Å². The molecule has 1 fully saturated rings. The van der Waals surface area contributed by atoms with Gasteiger partial charge in [0.05, 0.1) is 10.5 Å². The summed E-state index contributed by atoms with van der Waals surface area (Å²) in [5.41, 5.74) is 3.59. The number of hydrogen-bond donors (Lipinski definition) is 1. The van der Waals surface area contributed by atoms with Crippen LogP contribution in [0.25, 0.3) is 0 Å². The second kappa shape index (κ2) is 11.4. The van der Waals surface area contributed by atoms with Crippen molar-refractivity contribution in [1.29, 1.82) is 0 Å². The van der Waals surface area contributed by atoms with E-state index in [1.54, 1.807) is 37.9 Å². The number of halogens is 3. The van der Waals surface area contributed by atoms with Gasteiger partial charge in [-0.1, -0.05) is 23.7 Å². The summed E-state index contributed by atoms with van der Waals surface area (Å²) in [7, 11) is -1.41. The standard InChI is InChI=1S/C29H35ClF2N4O2S/c1-19-17-33-27(34-23-15-25(31)28(26(32)16-23)36-10-8-35(5)9-11-36)14-21(19)12-20-6-7-24(30)22(13-20)18-39(37,38)29(2,3)4/h6-7,13-17H,8-12,18H2,1-5H3,(H,33,34). The lowest BCUT2D eigenvalue weighted by atomic mass is 10.0. The topological polar surface area (TPSA) is 65.5 Å². The van der Waals surface area contributed by atoms with Crippen LogP contribution < -0.4 is 10.2 Å². The molecule has 0 bridgehead atoms. The third-order valence-corrected chi connectivity index (χ3v) is 10.0. The summed E-state index contributed by atoms with van der Waals surface area (Å²) in [5.74, 6) is -0.931. The van der Waals surface area contributed by atoms with E-state index in [-0.39, 0.29) is 17.1 Å². The molecule has 0 aliphatic carbocycles. The SMILES string of the molecule is Cc1cnc(Nc2cc(F)c(N3CCN(C)CC3)c(F)c2)cc1Cc1ccc(Cl)c(CS(=O)(=O)C(C)(C)C)c1. The highest BCUT2D eigenvalue weighted by atomic mass is 35.5. The van der Waals surface area contributed by atoms with E-state index in [2.05, 4.69) is 15.2 Å². The van der Waals surface area contributed by atoms with Gasteiger partial charge < -0.3 is 15.1 Å². The first kappa shape index (κ1) is 29.2. The Labute approximate surface area is 234 Å². The van der Waals surface area contributed by atoms with E-state index in [1.807, 2.05) is 32.2 Å². The van der Waals surface area contributed by atoms with Crippen LogP contribution in [-0.4, -0.2) is 56.3 Å². The van der Waals surface area contributed by atoms with Crippen LogP contribution in [0.4, 0.5) is 26.0 Å². The van der Waals surface area contributed by atoms with E-state index in [1.165, 1.54) is 12.1 Å². The number of likely N-dealkylation sites (N-methyl/N-ethyl adjacent to an activating group) is 1. The molecule has 6 nitrogen and oxygen atoms in total. The Morgan fingerprint density at radius 3 is 2.26 bits per heavy atom. The molecule has 1 saturated heterocycles. The van der Waals surface area contributed by atoms with Gasteiger partial charge in [0.2, 0.25) is 0 Å². The predicted molar refractivity (Wildman–Crippen MR) is 155 cm³/mol. The van der Waals surface area contributed by atoms with Gasteiger partial charge in [0.15, 0.2) is 21.5 Å². The van der Waals surface area contributed by atoms with E-state index in [9.17, 15) is 17.2 Å². The Bertz CT molecular complexity index is 1440. The third kappa shape index (κ3) is 6.88. The Balaban J connectivity index is 1.54. The van der Waals surface area contributed by atoms with Gasteiger partial charge in [0.25, 0.3) is 0 Å². The fourth-order valence-corrected chi connectivity index (χ4v) is 5.78. The molecular formula is C29H35ClF2N4O2S. The van der Waals surface area contributed by atoms with E-state index in [4.69, 9.17) is 11.6 Å². The molecule has 2 aromatic carbocycles. The summed E-state index contributed by atoms with van der Waals surface area (Å²) in [6.07, 6.45) is 2.21. The first-order valence-electron chi connectivity index (χ1n) is 12.9. The molecule has 0 spiro atoms. The van der Waals surface area contributed by atoms with Gasteiger partial charge in [-0.2, -0.15) is 0 Å². The van der Waals surface area contributed by atoms with Crippen molar-refractivity contribution in [3.8, 4) is 0 Å². The number of aromatic nitrogens is 1. The highest BCUT2D eigenvalue weighted by Crippen LogP contribution is 2.30. The minimum atomic E-state index is -3.40. The van der Waals surface area contributed by atoms with Crippen LogP contribution in [0.2, 0.25) is 5.02 Å². The molecule has 0 atom stereocenters. The van der Waals surface area contributed by atoms with E-state index in [0.29, 0.717) is 35.9 Å². The Hall–Kier alpha value is -2.75. The molecule has 4 rings (SSSR count). The number of anilines is 3. The molecule has 1 aliphatic heterocycles. The molecule has 3 aromatic rings. The van der Waals surface area contributed by atoms with E-state index < -0.39 is 26.2 Å². The van der Waals surface area contributed by atoms with Crippen molar-refractivity contribution >= 4 is 38.6 Å². The lowest BCUT2D eigenvalue weighted by molar-refractivity contribution is 0.310. The number of aryl methyl sites for hydroxylation is 1. The number of hydrogen-bond acceptors (Lipinski definition) is 6. The van der Waals surface area contributed by atoms with Crippen LogP contribution in [0.1, 0.15) is 43.0 Å². The molecule has 210 valence electrons. The van der Waals surface area contributed by atoms with Crippen LogP contribution in [0.5, 0.6) is 0 Å². The zero-order valence-corrected chi connectivity index (χ0v) is 24.6. The molecule has 0 saturated carbocycles. The van der Waals surface area contributed by atoms with Crippen molar-refractivity contribution in [2.24, 2.45) is 0 Å². The summed E-state index contributed by atoms with van der Waals surface area (Å²) < 4.78 is 54.6. The summed E-state index contributed by atoms with van der Waals surface area (Å²) in [4.78, 5) is 8.26. The largest absolute Gasteiger partial charge is 0.364 e. The maximum atomic E-state index is 15.0. The van der Waals surface area contributed by atoms with Crippen molar-refractivity contribution in [1.82, 2.24) is 9.88 Å². The Morgan fingerprint density at radius 1 is 1.00 bits per heavy atom. The average Bonchev–Trinajstić information content (AvgIpc) is 2.83. The molecule has 0 amide bonds. The van der Waals surface area contributed by atoms with Crippen LogP contribution in [0.15, 0.2) is 42.6 Å². The van der Waals surface area contributed by atoms with Gasteiger partial charge in [0, 0.05) is 43.1 Å². The first-order valence-corrected chi connectivity index (χ1v) is 14.9. The number of nitrogens with one attached hydrogen (secondary N) is 1. The van der Waals surface area contributed by atoms with Crippen LogP contribution in [0, 0.1) is 18.6 Å². The average molecular weight is 577 g/mol. The highest BCUT2D eigenvalue weighted by molar-refractivity contribution is 7.91. The zero-order chi connectivity index (χ0) is 28.5. The molecule has 0 unspecified atom stereocenters. The van der Waals surface area contributed by atoms with Gasteiger partial charge >= 0.3 is 0 Å².